The lowest BCUT2D eigenvalue weighted by molar-refractivity contribution is -0.0347. The number of nitrogens with zero attached hydrogens (tertiary/aromatic N) is 2. The molecular weight excluding hydrogens is 356 g/mol. The SMILES string of the molecule is Cc1ccc(C(=O)N(CC(C)C)CC2CN(C(=O)c3ccco3)CCO2)cc1. The molecule has 1 aromatic heterocycles. The van der Waals surface area contributed by atoms with Crippen LogP contribution in [0.1, 0.15) is 40.3 Å². The van der Waals surface area contributed by atoms with E-state index in [2.05, 4.69) is 13.8 Å². The van der Waals surface area contributed by atoms with E-state index in [9.17, 15) is 9.59 Å². The average Bonchev–Trinajstić information content (AvgIpc) is 3.21. The van der Waals surface area contributed by atoms with Crippen molar-refractivity contribution in [3.05, 3.63) is 59.5 Å². The number of aryl methyl sites for hydroxylation is 1. The summed E-state index contributed by atoms with van der Waals surface area (Å²) in [5, 5.41) is 0. The third-order valence-corrected chi connectivity index (χ3v) is 4.75. The van der Waals surface area contributed by atoms with Gasteiger partial charge in [0, 0.05) is 31.7 Å². The second kappa shape index (κ2) is 9.06. The highest BCUT2D eigenvalue weighted by Gasteiger charge is 2.29. The summed E-state index contributed by atoms with van der Waals surface area (Å²) in [5.41, 5.74) is 1.79. The Bertz CT molecular complexity index is 783. The number of carbonyl (C=O) groups is 2. The fourth-order valence-electron chi connectivity index (χ4n) is 3.38. The minimum atomic E-state index is -0.221. The van der Waals surface area contributed by atoms with Gasteiger partial charge in [0.15, 0.2) is 5.76 Å². The van der Waals surface area contributed by atoms with Crippen LogP contribution in [-0.2, 0) is 4.74 Å². The molecule has 0 aliphatic carbocycles. The molecule has 28 heavy (non-hydrogen) atoms. The first kappa shape index (κ1) is 20.1. The van der Waals surface area contributed by atoms with E-state index in [0.717, 1.165) is 5.56 Å². The fourth-order valence-corrected chi connectivity index (χ4v) is 3.38. The normalized spacial score (nSPS) is 17.0. The lowest BCUT2D eigenvalue weighted by Crippen LogP contribution is -2.51. The predicted molar refractivity (Wildman–Crippen MR) is 106 cm³/mol. The molecule has 2 heterocycles. The Hall–Kier alpha value is -2.60. The fraction of sp³-hybridized carbons (Fsp3) is 0.455. The molecule has 1 aliphatic heterocycles. The summed E-state index contributed by atoms with van der Waals surface area (Å²) in [6.07, 6.45) is 1.27. The summed E-state index contributed by atoms with van der Waals surface area (Å²) in [6.45, 7) is 8.67. The molecule has 2 aromatic rings. The maximum atomic E-state index is 13.0. The van der Waals surface area contributed by atoms with Crippen LogP contribution in [-0.4, -0.2) is 60.5 Å². The van der Waals surface area contributed by atoms with E-state index in [1.807, 2.05) is 36.1 Å². The summed E-state index contributed by atoms with van der Waals surface area (Å²) in [4.78, 5) is 29.2. The van der Waals surface area contributed by atoms with Crippen molar-refractivity contribution in [3.8, 4) is 0 Å². The molecule has 6 heteroatoms. The number of amides is 2. The summed E-state index contributed by atoms with van der Waals surface area (Å²) in [7, 11) is 0. The molecule has 3 rings (SSSR count). The van der Waals surface area contributed by atoms with Crippen LogP contribution in [0.2, 0.25) is 0 Å². The molecule has 1 fully saturated rings. The molecule has 1 aliphatic rings. The zero-order valence-electron chi connectivity index (χ0n) is 16.8. The van der Waals surface area contributed by atoms with Gasteiger partial charge in [-0.3, -0.25) is 9.59 Å². The van der Waals surface area contributed by atoms with Crippen molar-refractivity contribution in [1.82, 2.24) is 9.80 Å². The molecule has 1 saturated heterocycles. The number of carbonyl (C=O) groups excluding carboxylic acids is 2. The van der Waals surface area contributed by atoms with E-state index < -0.39 is 0 Å². The van der Waals surface area contributed by atoms with Gasteiger partial charge in [0.25, 0.3) is 11.8 Å². The van der Waals surface area contributed by atoms with Crippen LogP contribution >= 0.6 is 0 Å². The van der Waals surface area contributed by atoms with E-state index in [-0.39, 0.29) is 17.9 Å². The number of morpholine rings is 1. The summed E-state index contributed by atoms with van der Waals surface area (Å²) in [6, 6.07) is 11.0. The van der Waals surface area contributed by atoms with Gasteiger partial charge < -0.3 is 19.0 Å². The Morgan fingerprint density at radius 2 is 1.96 bits per heavy atom. The highest BCUT2D eigenvalue weighted by Crippen LogP contribution is 2.15. The van der Waals surface area contributed by atoms with Gasteiger partial charge >= 0.3 is 0 Å². The smallest absolute Gasteiger partial charge is 0.289 e. The van der Waals surface area contributed by atoms with Crippen LogP contribution in [0.5, 0.6) is 0 Å². The zero-order valence-corrected chi connectivity index (χ0v) is 16.8. The monoisotopic (exact) mass is 384 g/mol. The van der Waals surface area contributed by atoms with Gasteiger partial charge in [0.05, 0.1) is 19.0 Å². The lowest BCUT2D eigenvalue weighted by Gasteiger charge is -2.36. The molecule has 0 saturated carbocycles. The number of furan rings is 1. The van der Waals surface area contributed by atoms with E-state index in [4.69, 9.17) is 9.15 Å². The molecular formula is C22H28N2O4. The van der Waals surface area contributed by atoms with Gasteiger partial charge in [-0.1, -0.05) is 31.5 Å². The molecule has 0 bridgehead atoms. The van der Waals surface area contributed by atoms with E-state index in [0.29, 0.717) is 50.0 Å². The molecule has 6 nitrogen and oxygen atoms in total. The molecule has 1 unspecified atom stereocenters. The quantitative estimate of drug-likeness (QED) is 0.767. The largest absolute Gasteiger partial charge is 0.459 e. The molecule has 0 spiro atoms. The van der Waals surface area contributed by atoms with Crippen molar-refractivity contribution in [2.45, 2.75) is 26.9 Å². The predicted octanol–water partition coefficient (Wildman–Crippen LogP) is 3.23. The first-order valence-electron chi connectivity index (χ1n) is 9.74. The van der Waals surface area contributed by atoms with Crippen LogP contribution in [0.4, 0.5) is 0 Å². The summed E-state index contributed by atoms with van der Waals surface area (Å²) >= 11 is 0. The van der Waals surface area contributed by atoms with E-state index in [1.54, 1.807) is 17.0 Å². The van der Waals surface area contributed by atoms with Crippen molar-refractivity contribution in [2.24, 2.45) is 5.92 Å². The molecule has 150 valence electrons. The van der Waals surface area contributed by atoms with Crippen LogP contribution in [0.3, 0.4) is 0 Å². The van der Waals surface area contributed by atoms with Crippen molar-refractivity contribution >= 4 is 11.8 Å². The van der Waals surface area contributed by atoms with Gasteiger partial charge in [-0.05, 0) is 37.1 Å². The minimum absolute atomic E-state index is 0.00761. The minimum Gasteiger partial charge on any atom is -0.459 e. The van der Waals surface area contributed by atoms with E-state index in [1.165, 1.54) is 6.26 Å². The zero-order chi connectivity index (χ0) is 20.1. The molecule has 0 radical (unpaired) electrons. The number of rotatable bonds is 6. The number of ether oxygens (including phenoxy) is 1. The maximum Gasteiger partial charge on any atom is 0.289 e. The van der Waals surface area contributed by atoms with Crippen LogP contribution in [0.25, 0.3) is 0 Å². The Morgan fingerprint density at radius 1 is 1.21 bits per heavy atom. The van der Waals surface area contributed by atoms with Crippen LogP contribution in [0.15, 0.2) is 47.1 Å². The van der Waals surface area contributed by atoms with Crippen molar-refractivity contribution in [2.75, 3.05) is 32.8 Å². The second-order valence-corrected chi connectivity index (χ2v) is 7.69. The molecule has 0 N–H and O–H groups in total. The standard InChI is InChI=1S/C22H28N2O4/c1-16(2)13-24(21(25)18-8-6-17(3)7-9-18)15-19-14-23(10-12-27-19)22(26)20-5-4-11-28-20/h4-9,11,16,19H,10,12-15H2,1-3H3. The maximum absolute atomic E-state index is 13.0. The second-order valence-electron chi connectivity index (χ2n) is 7.69. The Kier molecular flexibility index (Phi) is 6.52. The Morgan fingerprint density at radius 3 is 2.61 bits per heavy atom. The third kappa shape index (κ3) is 5.01. The van der Waals surface area contributed by atoms with Crippen molar-refractivity contribution in [1.29, 1.82) is 0 Å². The third-order valence-electron chi connectivity index (χ3n) is 4.75. The summed E-state index contributed by atoms with van der Waals surface area (Å²) < 4.78 is 11.1. The summed E-state index contributed by atoms with van der Waals surface area (Å²) in [5.74, 6) is 0.514. The highest BCUT2D eigenvalue weighted by molar-refractivity contribution is 5.94. The topological polar surface area (TPSA) is 63.0 Å². The number of hydrogen-bond acceptors (Lipinski definition) is 4. The van der Waals surface area contributed by atoms with Crippen molar-refractivity contribution in [3.63, 3.8) is 0 Å². The van der Waals surface area contributed by atoms with Gasteiger partial charge in [-0.2, -0.15) is 0 Å². The van der Waals surface area contributed by atoms with Gasteiger partial charge in [-0.25, -0.2) is 0 Å². The average molecular weight is 384 g/mol. The first-order chi connectivity index (χ1) is 13.4. The van der Waals surface area contributed by atoms with Crippen molar-refractivity contribution < 1.29 is 18.7 Å². The lowest BCUT2D eigenvalue weighted by atomic mass is 10.1. The van der Waals surface area contributed by atoms with Crippen LogP contribution in [0, 0.1) is 12.8 Å². The molecule has 1 atom stereocenters. The first-order valence-corrected chi connectivity index (χ1v) is 9.74. The van der Waals surface area contributed by atoms with Gasteiger partial charge in [0.1, 0.15) is 0 Å². The Labute approximate surface area is 166 Å². The molecule has 1 aromatic carbocycles. The van der Waals surface area contributed by atoms with E-state index >= 15 is 0 Å². The van der Waals surface area contributed by atoms with Gasteiger partial charge in [-0.15, -0.1) is 0 Å². The molecule has 2 amide bonds. The highest BCUT2D eigenvalue weighted by atomic mass is 16.5. The number of hydrogen-bond donors (Lipinski definition) is 0. The van der Waals surface area contributed by atoms with Crippen LogP contribution < -0.4 is 0 Å². The number of benzene rings is 1. The van der Waals surface area contributed by atoms with Gasteiger partial charge in [0.2, 0.25) is 0 Å². The Balaban J connectivity index is 1.68.